The first-order valence-corrected chi connectivity index (χ1v) is 8.34. The summed E-state index contributed by atoms with van der Waals surface area (Å²) in [6, 6.07) is 1.87. The van der Waals surface area contributed by atoms with E-state index in [4.69, 9.17) is 5.73 Å². The molecule has 0 bridgehead atoms. The highest BCUT2D eigenvalue weighted by molar-refractivity contribution is 5.79. The van der Waals surface area contributed by atoms with Crippen LogP contribution in [-0.4, -0.2) is 44.4 Å². The molecule has 0 spiro atoms. The summed E-state index contributed by atoms with van der Waals surface area (Å²) in [6.07, 6.45) is 4.15. The lowest BCUT2D eigenvalue weighted by Gasteiger charge is -2.30. The van der Waals surface area contributed by atoms with E-state index in [0.717, 1.165) is 22.6 Å². The summed E-state index contributed by atoms with van der Waals surface area (Å²) < 4.78 is 1.81. The number of nitrogens with two attached hydrogens (primary N) is 1. The first-order chi connectivity index (χ1) is 11.5. The van der Waals surface area contributed by atoms with Crippen molar-refractivity contribution in [3.05, 3.63) is 29.2 Å². The van der Waals surface area contributed by atoms with E-state index >= 15 is 0 Å². The number of carbonyl (C=O) groups is 2. The molecule has 0 aliphatic carbocycles. The molecule has 0 saturated carbocycles. The van der Waals surface area contributed by atoms with Crippen LogP contribution in [0.25, 0.3) is 5.65 Å². The van der Waals surface area contributed by atoms with Gasteiger partial charge in [-0.1, -0.05) is 0 Å². The van der Waals surface area contributed by atoms with E-state index in [2.05, 4.69) is 10.1 Å². The third kappa shape index (κ3) is 3.11. The van der Waals surface area contributed by atoms with E-state index in [1.165, 1.54) is 0 Å². The van der Waals surface area contributed by atoms with Gasteiger partial charge >= 0.3 is 0 Å². The maximum atomic E-state index is 12.5. The zero-order valence-corrected chi connectivity index (χ0v) is 14.2. The minimum Gasteiger partial charge on any atom is -0.369 e. The van der Waals surface area contributed by atoms with Crippen LogP contribution in [0.3, 0.4) is 0 Å². The minimum absolute atomic E-state index is 0.0926. The summed E-state index contributed by atoms with van der Waals surface area (Å²) >= 11 is 0. The molecule has 2 amide bonds. The van der Waals surface area contributed by atoms with Crippen molar-refractivity contribution in [1.82, 2.24) is 19.5 Å². The summed E-state index contributed by atoms with van der Waals surface area (Å²) in [6.45, 7) is 5.20. The fourth-order valence-corrected chi connectivity index (χ4v) is 3.43. The van der Waals surface area contributed by atoms with Gasteiger partial charge in [0.05, 0.1) is 6.20 Å². The van der Waals surface area contributed by atoms with Crippen molar-refractivity contribution in [2.75, 3.05) is 13.1 Å². The average molecular weight is 329 g/mol. The maximum Gasteiger partial charge on any atom is 0.222 e. The van der Waals surface area contributed by atoms with Crippen LogP contribution in [-0.2, 0) is 16.0 Å². The van der Waals surface area contributed by atoms with E-state index in [0.29, 0.717) is 38.8 Å². The molecule has 0 unspecified atom stereocenters. The predicted molar refractivity (Wildman–Crippen MR) is 89.3 cm³/mol. The van der Waals surface area contributed by atoms with Gasteiger partial charge in [0.1, 0.15) is 0 Å². The highest BCUT2D eigenvalue weighted by atomic mass is 16.2. The number of fused-ring (bicyclic) bond motifs is 1. The monoisotopic (exact) mass is 329 g/mol. The van der Waals surface area contributed by atoms with Crippen LogP contribution in [0.1, 0.15) is 36.2 Å². The predicted octanol–water partition coefficient (Wildman–Crippen LogP) is 1.00. The molecule has 128 valence electrons. The maximum absolute atomic E-state index is 12.5. The topological polar surface area (TPSA) is 93.6 Å². The van der Waals surface area contributed by atoms with Crippen LogP contribution in [0.4, 0.5) is 0 Å². The Hall–Kier alpha value is -2.44. The molecule has 0 aromatic carbocycles. The van der Waals surface area contributed by atoms with Crippen LogP contribution in [0.15, 0.2) is 12.3 Å². The lowest BCUT2D eigenvalue weighted by Crippen LogP contribution is -2.41. The first kappa shape index (κ1) is 16.4. The molecular weight excluding hydrogens is 306 g/mol. The number of aryl methyl sites for hydroxylation is 2. The normalized spacial score (nSPS) is 15.8. The Balaban J connectivity index is 1.64. The molecule has 7 nitrogen and oxygen atoms in total. The molecule has 2 N–H and O–H groups in total. The first-order valence-electron chi connectivity index (χ1n) is 8.34. The highest BCUT2D eigenvalue weighted by Gasteiger charge is 2.25. The fraction of sp³-hybridized carbons (Fsp3) is 0.529. The van der Waals surface area contributed by atoms with Gasteiger partial charge in [-0.3, -0.25) is 9.59 Å². The second-order valence-electron chi connectivity index (χ2n) is 6.42. The van der Waals surface area contributed by atoms with Gasteiger partial charge in [-0.2, -0.15) is 5.10 Å². The number of nitrogens with zero attached hydrogens (tertiary/aromatic N) is 4. The smallest absolute Gasteiger partial charge is 0.222 e. The van der Waals surface area contributed by atoms with Crippen LogP contribution in [0, 0.1) is 19.8 Å². The standard InChI is InChI=1S/C17H23N5O2/c1-11-14(12(2)22-15(20-11)5-8-19-22)3-4-16(23)21-9-6-13(7-10-21)17(18)24/h5,8,13H,3-4,6-7,9-10H2,1-2H3,(H2,18,24). The van der Waals surface area contributed by atoms with Gasteiger partial charge in [-0.15, -0.1) is 0 Å². The van der Waals surface area contributed by atoms with Gasteiger partial charge in [0.15, 0.2) is 5.65 Å². The number of hydrogen-bond acceptors (Lipinski definition) is 4. The van der Waals surface area contributed by atoms with Gasteiger partial charge in [0, 0.05) is 42.9 Å². The Kier molecular flexibility index (Phi) is 4.51. The zero-order valence-electron chi connectivity index (χ0n) is 14.2. The third-order valence-electron chi connectivity index (χ3n) is 4.94. The summed E-state index contributed by atoms with van der Waals surface area (Å²) in [4.78, 5) is 30.0. The summed E-state index contributed by atoms with van der Waals surface area (Å²) in [5.74, 6) is -0.228. The molecule has 3 rings (SSSR count). The van der Waals surface area contributed by atoms with Crippen molar-refractivity contribution < 1.29 is 9.59 Å². The number of primary amides is 1. The van der Waals surface area contributed by atoms with Gasteiger partial charge in [-0.05, 0) is 38.7 Å². The molecule has 3 heterocycles. The van der Waals surface area contributed by atoms with Gasteiger partial charge in [-0.25, -0.2) is 9.50 Å². The van der Waals surface area contributed by atoms with Gasteiger partial charge < -0.3 is 10.6 Å². The highest BCUT2D eigenvalue weighted by Crippen LogP contribution is 2.19. The van der Waals surface area contributed by atoms with Crippen molar-refractivity contribution >= 4 is 17.5 Å². The molecule has 7 heteroatoms. The third-order valence-corrected chi connectivity index (χ3v) is 4.94. The minimum atomic E-state index is -0.257. The molecule has 1 aliphatic heterocycles. The lowest BCUT2D eigenvalue weighted by molar-refractivity contribution is -0.134. The number of aromatic nitrogens is 3. The van der Waals surface area contributed by atoms with Crippen molar-refractivity contribution in [2.24, 2.45) is 11.7 Å². The van der Waals surface area contributed by atoms with E-state index in [1.807, 2.05) is 29.3 Å². The summed E-state index contributed by atoms with van der Waals surface area (Å²) in [5.41, 5.74) is 9.21. The zero-order chi connectivity index (χ0) is 17.3. The molecule has 2 aromatic rings. The van der Waals surface area contributed by atoms with Crippen LogP contribution in [0.2, 0.25) is 0 Å². The van der Waals surface area contributed by atoms with E-state index < -0.39 is 0 Å². The van der Waals surface area contributed by atoms with Crippen molar-refractivity contribution in [2.45, 2.75) is 39.5 Å². The Bertz CT molecular complexity index is 775. The van der Waals surface area contributed by atoms with Crippen LogP contribution >= 0.6 is 0 Å². The Morgan fingerprint density at radius 1 is 1.29 bits per heavy atom. The second-order valence-corrected chi connectivity index (χ2v) is 6.42. The average Bonchev–Trinajstić information content (AvgIpc) is 3.03. The quantitative estimate of drug-likeness (QED) is 0.905. The van der Waals surface area contributed by atoms with Crippen LogP contribution in [0.5, 0.6) is 0 Å². The summed E-state index contributed by atoms with van der Waals surface area (Å²) in [7, 11) is 0. The Morgan fingerprint density at radius 3 is 2.67 bits per heavy atom. The number of hydrogen-bond donors (Lipinski definition) is 1. The summed E-state index contributed by atoms with van der Waals surface area (Å²) in [5, 5.41) is 4.28. The van der Waals surface area contributed by atoms with Crippen molar-refractivity contribution in [3.63, 3.8) is 0 Å². The molecule has 1 saturated heterocycles. The van der Waals surface area contributed by atoms with E-state index in [-0.39, 0.29) is 17.7 Å². The van der Waals surface area contributed by atoms with Gasteiger partial charge in [0.2, 0.25) is 11.8 Å². The number of carbonyl (C=O) groups excluding carboxylic acids is 2. The van der Waals surface area contributed by atoms with Crippen LogP contribution < -0.4 is 5.73 Å². The SMILES string of the molecule is Cc1nc2ccnn2c(C)c1CCC(=O)N1CCC(C(N)=O)CC1. The Labute approximate surface area is 140 Å². The molecule has 1 aliphatic rings. The molecule has 1 fully saturated rings. The van der Waals surface area contributed by atoms with Crippen molar-refractivity contribution in [1.29, 1.82) is 0 Å². The molecule has 0 atom stereocenters. The van der Waals surface area contributed by atoms with Gasteiger partial charge in [0.25, 0.3) is 0 Å². The molecule has 24 heavy (non-hydrogen) atoms. The molecular formula is C17H23N5O2. The van der Waals surface area contributed by atoms with Crippen molar-refractivity contribution in [3.8, 4) is 0 Å². The number of rotatable bonds is 4. The fourth-order valence-electron chi connectivity index (χ4n) is 3.43. The number of piperidine rings is 1. The largest absolute Gasteiger partial charge is 0.369 e. The number of likely N-dealkylation sites (tertiary alicyclic amines) is 1. The Morgan fingerprint density at radius 2 is 2.00 bits per heavy atom. The van der Waals surface area contributed by atoms with E-state index in [9.17, 15) is 9.59 Å². The molecule has 0 radical (unpaired) electrons. The lowest BCUT2D eigenvalue weighted by atomic mass is 9.96. The number of amides is 2. The molecule has 2 aromatic heterocycles. The second kappa shape index (κ2) is 6.59. The van der Waals surface area contributed by atoms with E-state index in [1.54, 1.807) is 6.20 Å².